The predicted molar refractivity (Wildman–Crippen MR) is 57.4 cm³/mol. The van der Waals surface area contributed by atoms with Crippen molar-refractivity contribution >= 4 is 0 Å². The fraction of sp³-hybridized carbons (Fsp3) is 0.833. The van der Waals surface area contributed by atoms with Crippen molar-refractivity contribution in [3.8, 4) is 12.3 Å². The van der Waals surface area contributed by atoms with Crippen molar-refractivity contribution in [1.82, 2.24) is 5.32 Å². The van der Waals surface area contributed by atoms with Gasteiger partial charge in [-0.05, 0) is 37.6 Å². The molecule has 0 aromatic heterocycles. The lowest BCUT2D eigenvalue weighted by Gasteiger charge is -2.20. The third kappa shape index (κ3) is 2.74. The Balaban J connectivity index is 2.32. The molecule has 0 bridgehead atoms. The van der Waals surface area contributed by atoms with Crippen molar-refractivity contribution in [2.75, 3.05) is 6.54 Å². The maximum atomic E-state index is 5.35. The summed E-state index contributed by atoms with van der Waals surface area (Å²) in [5.74, 6) is 4.32. The molecular weight excluding hydrogens is 158 g/mol. The minimum absolute atomic E-state index is 0.721. The van der Waals surface area contributed by atoms with Crippen LogP contribution in [0.5, 0.6) is 0 Å². The fourth-order valence-electron chi connectivity index (χ4n) is 2.30. The average molecular weight is 179 g/mol. The van der Waals surface area contributed by atoms with E-state index in [1.807, 2.05) is 0 Å². The summed E-state index contributed by atoms with van der Waals surface area (Å²) in [7, 11) is 0. The van der Waals surface area contributed by atoms with Crippen LogP contribution in [0.3, 0.4) is 0 Å². The van der Waals surface area contributed by atoms with E-state index < -0.39 is 0 Å². The van der Waals surface area contributed by atoms with Crippen LogP contribution in [-0.4, -0.2) is 12.6 Å². The summed E-state index contributed by atoms with van der Waals surface area (Å²) in [4.78, 5) is 0. The molecule has 0 saturated heterocycles. The molecule has 74 valence electrons. The van der Waals surface area contributed by atoms with Gasteiger partial charge in [-0.15, -0.1) is 12.3 Å². The molecule has 0 amide bonds. The zero-order valence-electron chi connectivity index (χ0n) is 8.84. The number of terminal acetylenes is 1. The van der Waals surface area contributed by atoms with E-state index in [9.17, 15) is 0 Å². The second kappa shape index (κ2) is 5.29. The van der Waals surface area contributed by atoms with Gasteiger partial charge >= 0.3 is 0 Å². The van der Waals surface area contributed by atoms with Gasteiger partial charge in [-0.3, -0.25) is 0 Å². The molecule has 0 spiro atoms. The SMILES string of the molecule is C#CCC1CCC(NCCC)C1C. The van der Waals surface area contributed by atoms with E-state index >= 15 is 0 Å². The molecule has 1 heteroatoms. The van der Waals surface area contributed by atoms with Gasteiger partial charge in [0.15, 0.2) is 0 Å². The summed E-state index contributed by atoms with van der Waals surface area (Å²) in [6.07, 6.45) is 10.2. The molecule has 1 fully saturated rings. The van der Waals surface area contributed by atoms with E-state index in [-0.39, 0.29) is 0 Å². The van der Waals surface area contributed by atoms with Gasteiger partial charge in [0.25, 0.3) is 0 Å². The zero-order valence-corrected chi connectivity index (χ0v) is 8.84. The maximum absolute atomic E-state index is 5.35. The lowest BCUT2D eigenvalue weighted by molar-refractivity contribution is 0.357. The van der Waals surface area contributed by atoms with E-state index in [1.165, 1.54) is 19.3 Å². The van der Waals surface area contributed by atoms with Gasteiger partial charge in [0.05, 0.1) is 0 Å². The smallest absolute Gasteiger partial charge is 0.0118 e. The van der Waals surface area contributed by atoms with Crippen LogP contribution in [0, 0.1) is 24.2 Å². The van der Waals surface area contributed by atoms with E-state index in [2.05, 4.69) is 25.1 Å². The largest absolute Gasteiger partial charge is 0.314 e. The molecule has 13 heavy (non-hydrogen) atoms. The van der Waals surface area contributed by atoms with Gasteiger partial charge in [-0.1, -0.05) is 13.8 Å². The van der Waals surface area contributed by atoms with E-state index in [0.29, 0.717) is 0 Å². The summed E-state index contributed by atoms with van der Waals surface area (Å²) in [5.41, 5.74) is 0. The Hall–Kier alpha value is -0.480. The molecule has 0 aromatic rings. The van der Waals surface area contributed by atoms with Crippen molar-refractivity contribution in [2.45, 2.75) is 45.6 Å². The third-order valence-electron chi connectivity index (χ3n) is 3.26. The number of rotatable bonds is 4. The van der Waals surface area contributed by atoms with E-state index in [4.69, 9.17) is 6.42 Å². The lowest BCUT2D eigenvalue weighted by atomic mass is 9.93. The van der Waals surface area contributed by atoms with E-state index in [0.717, 1.165) is 30.8 Å². The Morgan fingerprint density at radius 2 is 2.23 bits per heavy atom. The van der Waals surface area contributed by atoms with Gasteiger partial charge in [0, 0.05) is 12.5 Å². The Morgan fingerprint density at radius 3 is 2.85 bits per heavy atom. The highest BCUT2D eigenvalue weighted by atomic mass is 14.9. The Kier molecular flexibility index (Phi) is 4.32. The molecule has 3 atom stereocenters. The van der Waals surface area contributed by atoms with Crippen LogP contribution in [0.2, 0.25) is 0 Å². The summed E-state index contributed by atoms with van der Waals surface area (Å²) in [6, 6.07) is 0.721. The molecule has 1 saturated carbocycles. The average Bonchev–Trinajstić information content (AvgIpc) is 2.46. The van der Waals surface area contributed by atoms with Crippen LogP contribution in [0.25, 0.3) is 0 Å². The lowest BCUT2D eigenvalue weighted by Crippen LogP contribution is -2.33. The first-order valence-corrected chi connectivity index (χ1v) is 5.46. The highest BCUT2D eigenvalue weighted by molar-refractivity contribution is 4.94. The predicted octanol–water partition coefficient (Wildman–Crippen LogP) is 2.42. The maximum Gasteiger partial charge on any atom is 0.0118 e. The van der Waals surface area contributed by atoms with Crippen molar-refractivity contribution in [3.63, 3.8) is 0 Å². The molecule has 3 unspecified atom stereocenters. The van der Waals surface area contributed by atoms with Gasteiger partial charge in [-0.2, -0.15) is 0 Å². The molecule has 1 aliphatic carbocycles. The molecule has 1 aliphatic rings. The molecule has 0 radical (unpaired) electrons. The van der Waals surface area contributed by atoms with Crippen molar-refractivity contribution in [2.24, 2.45) is 11.8 Å². The Bertz CT molecular complexity index is 180. The normalized spacial score (nSPS) is 33.2. The number of hydrogen-bond donors (Lipinski definition) is 1. The molecule has 0 aliphatic heterocycles. The van der Waals surface area contributed by atoms with Crippen molar-refractivity contribution < 1.29 is 0 Å². The summed E-state index contributed by atoms with van der Waals surface area (Å²) in [5, 5.41) is 3.60. The first kappa shape index (κ1) is 10.6. The van der Waals surface area contributed by atoms with Gasteiger partial charge in [0.1, 0.15) is 0 Å². The minimum Gasteiger partial charge on any atom is -0.314 e. The molecular formula is C12H21N. The molecule has 1 rings (SSSR count). The van der Waals surface area contributed by atoms with Gasteiger partial charge < -0.3 is 5.32 Å². The monoisotopic (exact) mass is 179 g/mol. The van der Waals surface area contributed by atoms with Crippen LogP contribution in [-0.2, 0) is 0 Å². The quantitative estimate of drug-likeness (QED) is 0.654. The second-order valence-electron chi connectivity index (χ2n) is 4.17. The van der Waals surface area contributed by atoms with Crippen LogP contribution >= 0.6 is 0 Å². The fourth-order valence-corrected chi connectivity index (χ4v) is 2.30. The van der Waals surface area contributed by atoms with Crippen LogP contribution < -0.4 is 5.32 Å². The first-order chi connectivity index (χ1) is 6.29. The van der Waals surface area contributed by atoms with Crippen LogP contribution in [0.4, 0.5) is 0 Å². The standard InChI is InChI=1S/C12H21N/c1-4-6-11-7-8-12(10(11)3)13-9-5-2/h1,10-13H,5-9H2,2-3H3. The van der Waals surface area contributed by atoms with Crippen LogP contribution in [0.1, 0.15) is 39.5 Å². The molecule has 1 nitrogen and oxygen atoms in total. The minimum atomic E-state index is 0.721. The molecule has 0 heterocycles. The van der Waals surface area contributed by atoms with Gasteiger partial charge in [0.2, 0.25) is 0 Å². The highest BCUT2D eigenvalue weighted by Crippen LogP contribution is 2.33. The van der Waals surface area contributed by atoms with E-state index in [1.54, 1.807) is 0 Å². The third-order valence-corrected chi connectivity index (χ3v) is 3.26. The van der Waals surface area contributed by atoms with Crippen molar-refractivity contribution in [1.29, 1.82) is 0 Å². The zero-order chi connectivity index (χ0) is 9.68. The number of hydrogen-bond acceptors (Lipinski definition) is 1. The first-order valence-electron chi connectivity index (χ1n) is 5.46. The molecule has 1 N–H and O–H groups in total. The Labute approximate surface area is 82.3 Å². The molecule has 0 aromatic carbocycles. The summed E-state index contributed by atoms with van der Waals surface area (Å²) >= 11 is 0. The summed E-state index contributed by atoms with van der Waals surface area (Å²) < 4.78 is 0. The van der Waals surface area contributed by atoms with Gasteiger partial charge in [-0.25, -0.2) is 0 Å². The number of nitrogens with one attached hydrogen (secondary N) is 1. The highest BCUT2D eigenvalue weighted by Gasteiger charge is 2.31. The Morgan fingerprint density at radius 1 is 1.46 bits per heavy atom. The van der Waals surface area contributed by atoms with Crippen LogP contribution in [0.15, 0.2) is 0 Å². The topological polar surface area (TPSA) is 12.0 Å². The summed E-state index contributed by atoms with van der Waals surface area (Å²) in [6.45, 7) is 5.70. The second-order valence-corrected chi connectivity index (χ2v) is 4.17. The van der Waals surface area contributed by atoms with Crippen molar-refractivity contribution in [3.05, 3.63) is 0 Å².